The van der Waals surface area contributed by atoms with Crippen molar-refractivity contribution >= 4 is 44.2 Å². The van der Waals surface area contributed by atoms with Crippen LogP contribution < -0.4 is 10.1 Å². The van der Waals surface area contributed by atoms with E-state index in [4.69, 9.17) is 16.3 Å². The molecule has 0 saturated carbocycles. The summed E-state index contributed by atoms with van der Waals surface area (Å²) in [5, 5.41) is 3.70. The predicted octanol–water partition coefficient (Wildman–Crippen LogP) is 4.98. The summed E-state index contributed by atoms with van der Waals surface area (Å²) in [5.74, 6) is 0.384. The van der Waals surface area contributed by atoms with Crippen LogP contribution in [0, 0.1) is 6.92 Å². The van der Waals surface area contributed by atoms with Gasteiger partial charge in [0, 0.05) is 23.0 Å². The van der Waals surface area contributed by atoms with E-state index in [9.17, 15) is 4.79 Å². The molecule has 0 fully saturated rings. The van der Waals surface area contributed by atoms with Crippen molar-refractivity contribution in [3.8, 4) is 16.9 Å². The fourth-order valence-electron chi connectivity index (χ4n) is 2.86. The van der Waals surface area contributed by atoms with Crippen LogP contribution in [0.1, 0.15) is 16.1 Å². The number of ether oxygens (including phenoxy) is 1. The first-order chi connectivity index (χ1) is 13.5. The Morgan fingerprint density at radius 2 is 1.96 bits per heavy atom. The van der Waals surface area contributed by atoms with E-state index in [1.165, 1.54) is 11.3 Å². The summed E-state index contributed by atoms with van der Waals surface area (Å²) in [6, 6.07) is 11.1. The first-order valence-electron chi connectivity index (χ1n) is 8.38. The van der Waals surface area contributed by atoms with Gasteiger partial charge >= 0.3 is 0 Å². The normalized spacial score (nSPS) is 10.8. The van der Waals surface area contributed by atoms with Gasteiger partial charge in [-0.1, -0.05) is 41.1 Å². The molecule has 0 atom stereocenters. The second-order valence-corrected chi connectivity index (χ2v) is 7.44. The van der Waals surface area contributed by atoms with E-state index in [1.54, 1.807) is 25.6 Å². The molecule has 6 nitrogen and oxygen atoms in total. The van der Waals surface area contributed by atoms with Crippen LogP contribution in [0.4, 0.5) is 5.13 Å². The number of halogens is 1. The minimum atomic E-state index is -0.300. The lowest BCUT2D eigenvalue weighted by Crippen LogP contribution is -2.14. The first kappa shape index (κ1) is 18.3. The molecule has 0 saturated heterocycles. The summed E-state index contributed by atoms with van der Waals surface area (Å²) in [6.45, 7) is 1.88. The molecular formula is C20H15ClN4O2S. The standard InChI is InChI=1S/C20H15ClN4O2S/c1-11-7-13(12-5-3-4-6-16(12)27-2)14(9-22-11)19(26)25-20-24-15-10-23-18(21)8-17(15)28-20/h3-10H,1-2H3,(H,24,25,26). The zero-order valence-electron chi connectivity index (χ0n) is 15.1. The van der Waals surface area contributed by atoms with Gasteiger partial charge in [-0.05, 0) is 25.1 Å². The number of aromatic nitrogens is 3. The monoisotopic (exact) mass is 410 g/mol. The third kappa shape index (κ3) is 3.54. The van der Waals surface area contributed by atoms with Crippen LogP contribution in [-0.4, -0.2) is 28.0 Å². The van der Waals surface area contributed by atoms with Gasteiger partial charge in [-0.2, -0.15) is 0 Å². The van der Waals surface area contributed by atoms with Crippen LogP contribution in [0.3, 0.4) is 0 Å². The maximum absolute atomic E-state index is 13.0. The predicted molar refractivity (Wildman–Crippen MR) is 111 cm³/mol. The Bertz CT molecular complexity index is 1190. The lowest BCUT2D eigenvalue weighted by molar-refractivity contribution is 0.102. The number of methoxy groups -OCH3 is 1. The summed E-state index contributed by atoms with van der Waals surface area (Å²) in [6.07, 6.45) is 3.15. The van der Waals surface area contributed by atoms with Gasteiger partial charge < -0.3 is 4.74 Å². The Balaban J connectivity index is 1.73. The highest BCUT2D eigenvalue weighted by molar-refractivity contribution is 7.22. The summed E-state index contributed by atoms with van der Waals surface area (Å²) in [5.41, 5.74) is 3.48. The number of amides is 1. The highest BCUT2D eigenvalue weighted by atomic mass is 35.5. The van der Waals surface area contributed by atoms with E-state index in [-0.39, 0.29) is 5.91 Å². The van der Waals surface area contributed by atoms with Crippen LogP contribution in [0.25, 0.3) is 21.3 Å². The Labute approximate surface area is 170 Å². The molecule has 4 aromatic rings. The number of nitrogens with one attached hydrogen (secondary N) is 1. The third-order valence-corrected chi connectivity index (χ3v) is 5.28. The number of aryl methyl sites for hydroxylation is 1. The zero-order valence-corrected chi connectivity index (χ0v) is 16.6. The number of thiazole rings is 1. The van der Waals surface area contributed by atoms with Crippen LogP contribution in [0.5, 0.6) is 5.75 Å². The summed E-state index contributed by atoms with van der Waals surface area (Å²) in [4.78, 5) is 25.7. The third-order valence-electron chi connectivity index (χ3n) is 4.14. The Hall–Kier alpha value is -3.03. The molecule has 3 aromatic heterocycles. The number of benzene rings is 1. The van der Waals surface area contributed by atoms with Crippen molar-refractivity contribution in [1.29, 1.82) is 0 Å². The lowest BCUT2D eigenvalue weighted by Gasteiger charge is -2.13. The smallest absolute Gasteiger partial charge is 0.259 e. The molecule has 1 amide bonds. The van der Waals surface area contributed by atoms with E-state index in [1.807, 2.05) is 37.3 Å². The number of carbonyl (C=O) groups excluding carboxylic acids is 1. The minimum absolute atomic E-state index is 0.300. The number of hydrogen-bond acceptors (Lipinski definition) is 6. The van der Waals surface area contributed by atoms with Crippen molar-refractivity contribution in [3.05, 3.63) is 65.2 Å². The van der Waals surface area contributed by atoms with Crippen molar-refractivity contribution < 1.29 is 9.53 Å². The fraction of sp³-hybridized carbons (Fsp3) is 0.100. The fourth-order valence-corrected chi connectivity index (χ4v) is 3.95. The quantitative estimate of drug-likeness (QED) is 0.480. The molecule has 28 heavy (non-hydrogen) atoms. The summed E-state index contributed by atoms with van der Waals surface area (Å²) >= 11 is 7.26. The number of pyridine rings is 2. The van der Waals surface area contributed by atoms with Crippen molar-refractivity contribution in [2.75, 3.05) is 12.4 Å². The molecule has 4 rings (SSSR count). The molecule has 0 radical (unpaired) electrons. The van der Waals surface area contributed by atoms with Crippen LogP contribution in [0.15, 0.2) is 48.8 Å². The molecule has 0 aliphatic rings. The maximum Gasteiger partial charge on any atom is 0.259 e. The van der Waals surface area contributed by atoms with E-state index in [2.05, 4.69) is 20.3 Å². The Kier molecular flexibility index (Phi) is 4.93. The van der Waals surface area contributed by atoms with Gasteiger partial charge in [-0.15, -0.1) is 0 Å². The molecule has 0 aliphatic carbocycles. The molecule has 0 aliphatic heterocycles. The molecule has 0 unspecified atom stereocenters. The molecule has 0 bridgehead atoms. The van der Waals surface area contributed by atoms with Crippen molar-refractivity contribution in [3.63, 3.8) is 0 Å². The van der Waals surface area contributed by atoms with Crippen LogP contribution in [-0.2, 0) is 0 Å². The number of anilines is 1. The zero-order chi connectivity index (χ0) is 19.7. The Morgan fingerprint density at radius 1 is 1.14 bits per heavy atom. The Morgan fingerprint density at radius 3 is 2.79 bits per heavy atom. The highest BCUT2D eigenvalue weighted by Gasteiger charge is 2.18. The van der Waals surface area contributed by atoms with E-state index in [0.29, 0.717) is 27.1 Å². The van der Waals surface area contributed by atoms with E-state index in [0.717, 1.165) is 21.5 Å². The topological polar surface area (TPSA) is 77.0 Å². The SMILES string of the molecule is COc1ccccc1-c1cc(C)ncc1C(=O)Nc1nc2cnc(Cl)cc2s1. The number of rotatable bonds is 4. The number of nitrogens with zero attached hydrogens (tertiary/aromatic N) is 3. The summed E-state index contributed by atoms with van der Waals surface area (Å²) < 4.78 is 6.31. The number of fused-ring (bicyclic) bond motifs is 1. The van der Waals surface area contributed by atoms with E-state index < -0.39 is 0 Å². The second-order valence-electron chi connectivity index (χ2n) is 6.02. The van der Waals surface area contributed by atoms with Gasteiger partial charge in [-0.3, -0.25) is 15.1 Å². The maximum atomic E-state index is 13.0. The molecule has 0 spiro atoms. The molecular weight excluding hydrogens is 396 g/mol. The van der Waals surface area contributed by atoms with Gasteiger partial charge in [0.05, 0.1) is 23.6 Å². The van der Waals surface area contributed by atoms with Crippen LogP contribution in [0.2, 0.25) is 5.15 Å². The average Bonchev–Trinajstić information content (AvgIpc) is 3.09. The second kappa shape index (κ2) is 7.53. The highest BCUT2D eigenvalue weighted by Crippen LogP contribution is 2.33. The van der Waals surface area contributed by atoms with Gasteiger partial charge in [0.2, 0.25) is 0 Å². The van der Waals surface area contributed by atoms with Gasteiger partial charge in [-0.25, -0.2) is 9.97 Å². The summed E-state index contributed by atoms with van der Waals surface area (Å²) in [7, 11) is 1.60. The van der Waals surface area contributed by atoms with E-state index >= 15 is 0 Å². The first-order valence-corrected chi connectivity index (χ1v) is 9.58. The number of para-hydroxylation sites is 1. The van der Waals surface area contributed by atoms with Gasteiger partial charge in [0.1, 0.15) is 16.4 Å². The lowest BCUT2D eigenvalue weighted by atomic mass is 9.99. The number of carbonyl (C=O) groups is 1. The largest absolute Gasteiger partial charge is 0.496 e. The van der Waals surface area contributed by atoms with Crippen LogP contribution >= 0.6 is 22.9 Å². The average molecular weight is 411 g/mol. The van der Waals surface area contributed by atoms with Gasteiger partial charge in [0.25, 0.3) is 5.91 Å². The van der Waals surface area contributed by atoms with Crippen molar-refractivity contribution in [2.24, 2.45) is 0 Å². The molecule has 1 aromatic carbocycles. The molecule has 8 heteroatoms. The van der Waals surface area contributed by atoms with Crippen molar-refractivity contribution in [2.45, 2.75) is 6.92 Å². The molecule has 1 N–H and O–H groups in total. The van der Waals surface area contributed by atoms with Crippen molar-refractivity contribution in [1.82, 2.24) is 15.0 Å². The van der Waals surface area contributed by atoms with Gasteiger partial charge in [0.15, 0.2) is 5.13 Å². The number of hydrogen-bond donors (Lipinski definition) is 1. The molecule has 3 heterocycles. The minimum Gasteiger partial charge on any atom is -0.496 e. The molecule has 140 valence electrons.